The predicted molar refractivity (Wildman–Crippen MR) is 340 cm³/mol. The molecule has 1 fully saturated rings. The highest BCUT2D eigenvalue weighted by molar-refractivity contribution is 7.92. The van der Waals surface area contributed by atoms with Crippen LogP contribution in [-0.4, -0.2) is 205 Å². The molecule has 4 aromatic rings. The molecule has 1 aliphatic rings. The Labute approximate surface area is 538 Å². The van der Waals surface area contributed by atoms with E-state index in [-0.39, 0.29) is 99.6 Å². The molecule has 92 heavy (non-hydrogen) atoms. The van der Waals surface area contributed by atoms with Gasteiger partial charge in [0.15, 0.2) is 25.5 Å². The molecule has 8 N–H and O–H groups in total. The lowest BCUT2D eigenvalue weighted by molar-refractivity contribution is -0.136. The van der Waals surface area contributed by atoms with E-state index in [0.29, 0.717) is 70.5 Å². The number of nitrogens with zero attached hydrogens (tertiary/aromatic N) is 1. The fraction of sp³-hybridized carbons (Fsp3) is 0.516. The van der Waals surface area contributed by atoms with Crippen LogP contribution in [0.25, 0.3) is 0 Å². The van der Waals surface area contributed by atoms with Crippen molar-refractivity contribution in [1.29, 1.82) is 0 Å². The topological polar surface area (TPSA) is 365 Å². The second-order valence-corrected chi connectivity index (χ2v) is 26.1. The Balaban J connectivity index is 1.38. The number of hydrogen-bond acceptors (Lipinski definition) is 20. The molecule has 1 aliphatic heterocycles. The minimum Gasteiger partial charge on any atom is -0.445 e. The summed E-state index contributed by atoms with van der Waals surface area (Å²) in [4.78, 5) is 97.7. The fourth-order valence-corrected chi connectivity index (χ4v) is 12.5. The van der Waals surface area contributed by atoms with Crippen LogP contribution in [0.2, 0.25) is 0 Å². The summed E-state index contributed by atoms with van der Waals surface area (Å²) in [5.41, 5.74) is 13.3. The number of nitrogens with one attached hydrogen (secondary N) is 4. The molecule has 6 amide bonds. The van der Waals surface area contributed by atoms with Gasteiger partial charge in [-0.15, -0.1) is 0 Å². The van der Waals surface area contributed by atoms with Crippen molar-refractivity contribution >= 4 is 66.8 Å². The number of hydrogen-bond donors (Lipinski definition) is 6. The molecule has 1 heterocycles. The summed E-state index contributed by atoms with van der Waals surface area (Å²) in [6.45, 7) is 10.6. The van der Waals surface area contributed by atoms with Gasteiger partial charge >= 0.3 is 6.09 Å². The Kier molecular flexibility index (Phi) is 32.8. The molecule has 26 nitrogen and oxygen atoms in total. The number of sulfone groups is 2. The monoisotopic (exact) mass is 1320 g/mol. The number of amides is 6. The molecule has 0 saturated carbocycles. The first-order valence-electron chi connectivity index (χ1n) is 30.6. The third-order valence-electron chi connectivity index (χ3n) is 14.4. The Bertz CT molecular complexity index is 3090. The average Bonchev–Trinajstić information content (AvgIpc) is 0.901. The summed E-state index contributed by atoms with van der Waals surface area (Å²) < 4.78 is 99.8. The number of ketones is 1. The third-order valence-corrected chi connectivity index (χ3v) is 18.1. The zero-order valence-corrected chi connectivity index (χ0v) is 54.4. The molecular formula is C64H89N7O19S2. The molecule has 0 bridgehead atoms. The number of carbonyl (C=O) groups excluding carboxylic acids is 7. The van der Waals surface area contributed by atoms with Crippen LogP contribution in [0.1, 0.15) is 76.9 Å². The Morgan fingerprint density at radius 3 is 1.42 bits per heavy atom. The maximum absolute atomic E-state index is 14.9. The number of Topliss-reactive ketones (excluding diaryl/α,β-unsaturated/α-hetero) is 1. The largest absolute Gasteiger partial charge is 0.445 e. The number of ether oxygens (including phenoxy) is 8. The summed E-state index contributed by atoms with van der Waals surface area (Å²) in [5, 5.41) is 11.0. The summed E-state index contributed by atoms with van der Waals surface area (Å²) >= 11 is 0. The summed E-state index contributed by atoms with van der Waals surface area (Å²) in [7, 11) is -8.45. The summed E-state index contributed by atoms with van der Waals surface area (Å²) in [6, 6.07) is 19.7. The second kappa shape index (κ2) is 40.0. The van der Waals surface area contributed by atoms with Gasteiger partial charge in [0.05, 0.1) is 120 Å². The fourth-order valence-electron chi connectivity index (χ4n) is 9.23. The summed E-state index contributed by atoms with van der Waals surface area (Å²) in [6.07, 6.45) is -1.16. The number of nitrogens with two attached hydrogens (primary N) is 2. The standard InChI is InChI=1S/C64H89N7O19S2/c1-45(2)58(62(76)68-55(6-5-25-65)61(75)67-52-17-11-48(12-18-52)42-90-64(66)78)70-57(72)24-23-56(63(77)71-26-28-83-30-32-85-34-36-87-38-40-89-41-39-88-37-35-86-33-31-84-29-27-71)69-60(74)50-15-13-49(14-16-50)59(73)51(43-91(79,80)53-19-7-46(3)8-20-53)44-92(81,82)54-21-9-47(4)10-22-54/h7-22,45,51,55-56,58H,5-6,23-44,65H2,1-4H3,(H2,66,78)(H,67,75)(H,68,76)(H,69,74)(H,70,72)/t55-,56-,58+/m0/s1. The highest BCUT2D eigenvalue weighted by atomic mass is 32.2. The Morgan fingerprint density at radius 1 is 0.543 bits per heavy atom. The van der Waals surface area contributed by atoms with E-state index in [1.165, 1.54) is 53.4 Å². The zero-order valence-electron chi connectivity index (χ0n) is 52.8. The minimum absolute atomic E-state index is 0.000669. The number of primary amides is 1. The van der Waals surface area contributed by atoms with Crippen molar-refractivity contribution in [1.82, 2.24) is 20.9 Å². The van der Waals surface area contributed by atoms with Gasteiger partial charge in [-0.05, 0) is 99.7 Å². The molecule has 3 atom stereocenters. The molecule has 506 valence electrons. The molecule has 0 spiro atoms. The summed E-state index contributed by atoms with van der Waals surface area (Å²) in [5.74, 6) is -7.99. The Hall–Kier alpha value is -7.25. The van der Waals surface area contributed by atoms with Gasteiger partial charge in [0.1, 0.15) is 24.7 Å². The lowest BCUT2D eigenvalue weighted by Crippen LogP contribution is -2.55. The van der Waals surface area contributed by atoms with Gasteiger partial charge in [-0.2, -0.15) is 0 Å². The van der Waals surface area contributed by atoms with Crippen LogP contribution < -0.4 is 32.7 Å². The van der Waals surface area contributed by atoms with Crippen LogP contribution in [0.5, 0.6) is 0 Å². The van der Waals surface area contributed by atoms with E-state index in [0.717, 1.165) is 11.1 Å². The van der Waals surface area contributed by atoms with Crippen molar-refractivity contribution in [3.63, 3.8) is 0 Å². The van der Waals surface area contributed by atoms with Crippen LogP contribution in [0.15, 0.2) is 107 Å². The molecule has 4 aromatic carbocycles. The van der Waals surface area contributed by atoms with E-state index in [9.17, 15) is 50.4 Å². The second-order valence-electron chi connectivity index (χ2n) is 22.1. The number of aryl methyl sites for hydroxylation is 2. The van der Waals surface area contributed by atoms with Gasteiger partial charge in [-0.25, -0.2) is 21.6 Å². The van der Waals surface area contributed by atoms with Crippen molar-refractivity contribution < 1.29 is 88.3 Å². The molecule has 0 aliphatic carbocycles. The Morgan fingerprint density at radius 2 is 0.989 bits per heavy atom. The highest BCUT2D eigenvalue weighted by Gasteiger charge is 2.35. The maximum Gasteiger partial charge on any atom is 0.404 e. The van der Waals surface area contributed by atoms with Crippen molar-refractivity contribution in [2.75, 3.05) is 129 Å². The first kappa shape index (κ1) is 75.5. The van der Waals surface area contributed by atoms with Crippen LogP contribution in [-0.2, 0) is 83.4 Å². The number of anilines is 1. The molecule has 0 radical (unpaired) electrons. The van der Waals surface area contributed by atoms with E-state index in [4.69, 9.17) is 49.4 Å². The van der Waals surface area contributed by atoms with Gasteiger partial charge in [0.2, 0.25) is 23.6 Å². The van der Waals surface area contributed by atoms with Crippen molar-refractivity contribution in [2.24, 2.45) is 23.3 Å². The average molecular weight is 1320 g/mol. The molecule has 5 rings (SSSR count). The van der Waals surface area contributed by atoms with Gasteiger partial charge in [-0.3, -0.25) is 28.8 Å². The van der Waals surface area contributed by atoms with E-state index < -0.39 is 109 Å². The normalized spacial score (nSPS) is 16.0. The first-order valence-corrected chi connectivity index (χ1v) is 33.9. The molecule has 0 aromatic heterocycles. The van der Waals surface area contributed by atoms with Crippen molar-refractivity contribution in [3.05, 3.63) is 125 Å². The van der Waals surface area contributed by atoms with Gasteiger partial charge in [-0.1, -0.05) is 73.5 Å². The van der Waals surface area contributed by atoms with E-state index in [1.54, 1.807) is 76.2 Å². The smallest absolute Gasteiger partial charge is 0.404 e. The van der Waals surface area contributed by atoms with Crippen LogP contribution in [0, 0.1) is 25.7 Å². The minimum atomic E-state index is -4.22. The SMILES string of the molecule is Cc1ccc(S(=O)(=O)CC(CS(=O)(=O)c2ccc(C)cc2)C(=O)c2ccc(C(=O)N[C@@H](CCC(=O)N[C@@H](C(=O)N[C@@H](CCCN)C(=O)Nc3ccc(COC(N)=O)cc3)C(C)C)C(=O)N3CCOCCOCCOCCOCCOCCOCCOCC3)cc2)cc1. The van der Waals surface area contributed by atoms with Crippen molar-refractivity contribution in [2.45, 2.75) is 87.9 Å². The van der Waals surface area contributed by atoms with Crippen LogP contribution in [0.3, 0.4) is 0 Å². The number of benzene rings is 4. The first-order chi connectivity index (χ1) is 44.1. The van der Waals surface area contributed by atoms with E-state index in [2.05, 4.69) is 21.3 Å². The number of carbonyl (C=O) groups is 7. The van der Waals surface area contributed by atoms with E-state index in [1.807, 2.05) is 0 Å². The van der Waals surface area contributed by atoms with Crippen LogP contribution >= 0.6 is 0 Å². The van der Waals surface area contributed by atoms with Gasteiger partial charge in [0.25, 0.3) is 5.91 Å². The maximum atomic E-state index is 14.9. The lowest BCUT2D eigenvalue weighted by atomic mass is 9.99. The lowest BCUT2D eigenvalue weighted by Gasteiger charge is -2.28. The molecule has 0 unspecified atom stereocenters. The highest BCUT2D eigenvalue weighted by Crippen LogP contribution is 2.24. The molecular weight excluding hydrogens is 1230 g/mol. The van der Waals surface area contributed by atoms with Crippen LogP contribution in [0.4, 0.5) is 10.5 Å². The van der Waals surface area contributed by atoms with Crippen molar-refractivity contribution in [3.8, 4) is 0 Å². The van der Waals surface area contributed by atoms with E-state index >= 15 is 0 Å². The number of rotatable bonds is 25. The quantitative estimate of drug-likeness (QED) is 0.0517. The molecule has 1 saturated heterocycles. The van der Waals surface area contributed by atoms with Gasteiger partial charge in [0, 0.05) is 36.3 Å². The zero-order chi connectivity index (χ0) is 66.9. The predicted octanol–water partition coefficient (Wildman–Crippen LogP) is 3.49. The van der Waals surface area contributed by atoms with Gasteiger partial charge < -0.3 is 75.5 Å². The molecule has 28 heteroatoms. The third kappa shape index (κ3) is 27.1.